The fraction of sp³-hybridized carbons (Fsp3) is 0.286. The van der Waals surface area contributed by atoms with Crippen LogP contribution in [0.15, 0.2) is 34.3 Å². The third kappa shape index (κ3) is 5.50. The molecule has 1 aromatic carbocycles. The summed E-state index contributed by atoms with van der Waals surface area (Å²) in [6.07, 6.45) is 2.64. The number of benzene rings is 1. The molecule has 1 aromatic rings. The predicted octanol–water partition coefficient (Wildman–Crippen LogP) is 0.672. The number of carbonyl (C=O) groups excluding carboxylic acids is 4. The van der Waals surface area contributed by atoms with Gasteiger partial charge in [-0.25, -0.2) is 29.2 Å². The van der Waals surface area contributed by atoms with Crippen LogP contribution in [0.3, 0.4) is 0 Å². The van der Waals surface area contributed by atoms with E-state index in [0.717, 1.165) is 0 Å². The highest BCUT2D eigenvalue weighted by atomic mass is 16.5. The third-order valence-corrected chi connectivity index (χ3v) is 2.37. The summed E-state index contributed by atoms with van der Waals surface area (Å²) in [6.45, 7) is -0.228. The van der Waals surface area contributed by atoms with Crippen molar-refractivity contribution in [2.75, 3.05) is 26.3 Å². The van der Waals surface area contributed by atoms with Gasteiger partial charge in [0.1, 0.15) is 13.2 Å². The third-order valence-electron chi connectivity index (χ3n) is 2.37. The summed E-state index contributed by atoms with van der Waals surface area (Å²) in [6, 6.07) is 5.94. The summed E-state index contributed by atoms with van der Waals surface area (Å²) in [7, 11) is 0. The number of aliphatic imine (C=N–C) groups is 2. The van der Waals surface area contributed by atoms with Crippen LogP contribution in [0.4, 0.5) is 0 Å². The van der Waals surface area contributed by atoms with Crippen molar-refractivity contribution in [2.24, 2.45) is 9.98 Å². The van der Waals surface area contributed by atoms with Crippen molar-refractivity contribution in [3.8, 4) is 0 Å². The van der Waals surface area contributed by atoms with Crippen LogP contribution in [0, 0.1) is 0 Å². The Morgan fingerprint density at radius 1 is 0.864 bits per heavy atom. The average Bonchev–Trinajstić information content (AvgIpc) is 2.55. The van der Waals surface area contributed by atoms with E-state index in [2.05, 4.69) is 9.98 Å². The van der Waals surface area contributed by atoms with E-state index in [0.29, 0.717) is 0 Å². The maximum atomic E-state index is 11.9. The van der Waals surface area contributed by atoms with Gasteiger partial charge in [0.05, 0.1) is 24.2 Å². The van der Waals surface area contributed by atoms with Crippen LogP contribution in [0.2, 0.25) is 0 Å². The van der Waals surface area contributed by atoms with Gasteiger partial charge >= 0.3 is 11.9 Å². The van der Waals surface area contributed by atoms with Crippen LogP contribution in [-0.2, 0) is 19.1 Å². The topological polar surface area (TPSA) is 111 Å². The van der Waals surface area contributed by atoms with Crippen molar-refractivity contribution in [1.29, 1.82) is 0 Å². The van der Waals surface area contributed by atoms with Crippen molar-refractivity contribution in [2.45, 2.75) is 0 Å². The molecule has 0 saturated carbocycles. The maximum Gasteiger partial charge on any atom is 0.339 e. The van der Waals surface area contributed by atoms with E-state index in [4.69, 9.17) is 9.47 Å². The molecular weight excluding hydrogens is 292 g/mol. The van der Waals surface area contributed by atoms with Gasteiger partial charge in [0, 0.05) is 0 Å². The molecule has 0 N–H and O–H groups in total. The van der Waals surface area contributed by atoms with Gasteiger partial charge < -0.3 is 9.47 Å². The zero-order valence-electron chi connectivity index (χ0n) is 11.5. The van der Waals surface area contributed by atoms with E-state index in [1.165, 1.54) is 24.3 Å². The Bertz CT molecular complexity index is 575. The molecule has 0 saturated heterocycles. The number of nitrogens with zero attached hydrogens (tertiary/aromatic N) is 2. The van der Waals surface area contributed by atoms with Gasteiger partial charge in [0.2, 0.25) is 12.2 Å². The van der Waals surface area contributed by atoms with Crippen LogP contribution in [0.5, 0.6) is 0 Å². The normalized spacial score (nSPS) is 9.09. The second-order valence-electron chi connectivity index (χ2n) is 3.76. The highest BCUT2D eigenvalue weighted by molar-refractivity contribution is 6.03. The monoisotopic (exact) mass is 304 g/mol. The highest BCUT2D eigenvalue weighted by Gasteiger charge is 2.18. The second-order valence-corrected chi connectivity index (χ2v) is 3.76. The summed E-state index contributed by atoms with van der Waals surface area (Å²) >= 11 is 0. The molecule has 0 aliphatic heterocycles. The van der Waals surface area contributed by atoms with E-state index in [9.17, 15) is 19.2 Å². The largest absolute Gasteiger partial charge is 0.460 e. The molecule has 0 aliphatic rings. The number of ether oxygens (including phenoxy) is 2. The number of rotatable bonds is 8. The van der Waals surface area contributed by atoms with Crippen molar-refractivity contribution in [3.63, 3.8) is 0 Å². The number of isocyanates is 2. The molecule has 0 bridgehead atoms. The quantitative estimate of drug-likeness (QED) is 0.302. The first-order chi connectivity index (χ1) is 10.7. The molecule has 1 rings (SSSR count). The van der Waals surface area contributed by atoms with E-state index < -0.39 is 11.9 Å². The van der Waals surface area contributed by atoms with Crippen molar-refractivity contribution in [3.05, 3.63) is 35.4 Å². The second kappa shape index (κ2) is 9.77. The van der Waals surface area contributed by atoms with Crippen molar-refractivity contribution in [1.82, 2.24) is 0 Å². The molecule has 0 atom stereocenters. The molecule has 22 heavy (non-hydrogen) atoms. The van der Waals surface area contributed by atoms with Crippen molar-refractivity contribution < 1.29 is 28.7 Å². The van der Waals surface area contributed by atoms with Gasteiger partial charge in [0.15, 0.2) is 0 Å². The SMILES string of the molecule is O=C=NCCOC(=O)c1ccccc1C(=O)OCCN=C=O. The minimum absolute atomic E-state index is 0.00838. The number of hydrogen-bond donors (Lipinski definition) is 0. The fourth-order valence-electron chi connectivity index (χ4n) is 1.45. The first-order valence-electron chi connectivity index (χ1n) is 6.21. The van der Waals surface area contributed by atoms with Gasteiger partial charge in [-0.3, -0.25) is 0 Å². The smallest absolute Gasteiger partial charge is 0.339 e. The molecule has 0 aromatic heterocycles. The van der Waals surface area contributed by atoms with Crippen LogP contribution in [0.1, 0.15) is 20.7 Å². The number of carbonyl (C=O) groups is 2. The lowest BCUT2D eigenvalue weighted by Gasteiger charge is -2.08. The van der Waals surface area contributed by atoms with Crippen molar-refractivity contribution >= 4 is 24.1 Å². The van der Waals surface area contributed by atoms with Gasteiger partial charge in [-0.1, -0.05) is 12.1 Å². The Labute approximate surface area is 125 Å². The Balaban J connectivity index is 2.71. The maximum absolute atomic E-state index is 11.9. The summed E-state index contributed by atoms with van der Waals surface area (Å²) < 4.78 is 9.75. The lowest BCUT2D eigenvalue weighted by atomic mass is 10.1. The lowest BCUT2D eigenvalue weighted by Crippen LogP contribution is -2.16. The molecule has 8 nitrogen and oxygen atoms in total. The molecule has 0 radical (unpaired) electrons. The highest BCUT2D eigenvalue weighted by Crippen LogP contribution is 2.12. The zero-order valence-corrected chi connectivity index (χ0v) is 11.5. The molecule has 0 aliphatic carbocycles. The Morgan fingerprint density at radius 3 is 1.64 bits per heavy atom. The van der Waals surface area contributed by atoms with Gasteiger partial charge in [-0.15, -0.1) is 0 Å². The molecule has 8 heteroatoms. The molecular formula is C14H12N2O6. The lowest BCUT2D eigenvalue weighted by molar-refractivity contribution is 0.0470. The van der Waals surface area contributed by atoms with Crippen LogP contribution >= 0.6 is 0 Å². The van der Waals surface area contributed by atoms with E-state index in [-0.39, 0.29) is 37.4 Å². The number of hydrogen-bond acceptors (Lipinski definition) is 8. The number of esters is 2. The zero-order chi connectivity index (χ0) is 16.2. The Hall–Kier alpha value is -3.08. The van der Waals surface area contributed by atoms with Gasteiger partial charge in [0.25, 0.3) is 0 Å². The summed E-state index contributed by atoms with van der Waals surface area (Å²) in [5, 5.41) is 0. The van der Waals surface area contributed by atoms with Crippen LogP contribution in [-0.4, -0.2) is 50.4 Å². The Kier molecular flexibility index (Phi) is 7.53. The average molecular weight is 304 g/mol. The minimum Gasteiger partial charge on any atom is -0.460 e. The standard InChI is InChI=1S/C14H12N2O6/c17-9-15-5-7-21-13(19)11-3-1-2-4-12(11)14(20)22-8-6-16-10-18/h1-4H,5-8H2. The first-order valence-corrected chi connectivity index (χ1v) is 6.21. The van der Waals surface area contributed by atoms with Gasteiger partial charge in [-0.2, -0.15) is 0 Å². The summed E-state index contributed by atoms with van der Waals surface area (Å²) in [5.74, 6) is -1.47. The van der Waals surface area contributed by atoms with Crippen LogP contribution < -0.4 is 0 Å². The van der Waals surface area contributed by atoms with Gasteiger partial charge in [-0.05, 0) is 12.1 Å². The summed E-state index contributed by atoms with van der Waals surface area (Å²) in [4.78, 5) is 50.0. The molecule has 0 heterocycles. The minimum atomic E-state index is -0.737. The van der Waals surface area contributed by atoms with E-state index in [1.54, 1.807) is 12.1 Å². The van der Waals surface area contributed by atoms with E-state index in [1.807, 2.05) is 0 Å². The van der Waals surface area contributed by atoms with E-state index >= 15 is 0 Å². The first kappa shape index (κ1) is 17.0. The molecule has 0 fully saturated rings. The summed E-state index contributed by atoms with van der Waals surface area (Å²) in [5.41, 5.74) is 0.0583. The molecule has 114 valence electrons. The van der Waals surface area contributed by atoms with Crippen LogP contribution in [0.25, 0.3) is 0 Å². The molecule has 0 unspecified atom stereocenters. The Morgan fingerprint density at radius 2 is 1.27 bits per heavy atom. The predicted molar refractivity (Wildman–Crippen MR) is 73.0 cm³/mol. The fourth-order valence-corrected chi connectivity index (χ4v) is 1.45. The molecule has 0 amide bonds. The molecule has 0 spiro atoms.